The van der Waals surface area contributed by atoms with Gasteiger partial charge in [0.15, 0.2) is 0 Å². The number of amides is 1. The van der Waals surface area contributed by atoms with Crippen LogP contribution in [0.2, 0.25) is 0 Å². The van der Waals surface area contributed by atoms with Crippen LogP contribution in [-0.4, -0.2) is 77.8 Å². The minimum absolute atomic E-state index is 0.0564. The summed E-state index contributed by atoms with van der Waals surface area (Å²) in [4.78, 5) is 35.9. The zero-order valence-electron chi connectivity index (χ0n) is 20.4. The van der Waals surface area contributed by atoms with Gasteiger partial charge in [0, 0.05) is 48.9 Å². The zero-order valence-corrected chi connectivity index (χ0v) is 20.4. The number of fused-ring (bicyclic) bond motifs is 3. The molecular weight excluding hydrogens is 448 g/mol. The number of methoxy groups -OCH3 is 1. The third-order valence-electron chi connectivity index (χ3n) is 7.35. The van der Waals surface area contributed by atoms with Gasteiger partial charge in [-0.05, 0) is 45.1 Å². The molecule has 3 fully saturated rings. The van der Waals surface area contributed by atoms with E-state index in [0.29, 0.717) is 41.9 Å². The lowest BCUT2D eigenvalue weighted by atomic mass is 9.97. The molecule has 0 aliphatic carbocycles. The Hall–Kier alpha value is -3.02. The number of aromatic nitrogens is 2. The van der Waals surface area contributed by atoms with Crippen LogP contribution < -0.4 is 26.8 Å². The predicted octanol–water partition coefficient (Wildman–Crippen LogP) is 1.19. The van der Waals surface area contributed by atoms with Crippen LogP contribution in [0.3, 0.4) is 0 Å². The van der Waals surface area contributed by atoms with Gasteiger partial charge in [0.05, 0.1) is 30.9 Å². The molecule has 11 heteroatoms. The van der Waals surface area contributed by atoms with Gasteiger partial charge in [0.1, 0.15) is 11.6 Å². The number of hydrogen-bond acceptors (Lipinski definition) is 10. The van der Waals surface area contributed by atoms with Crippen molar-refractivity contribution >= 4 is 34.4 Å². The van der Waals surface area contributed by atoms with E-state index in [0.717, 1.165) is 43.0 Å². The van der Waals surface area contributed by atoms with Crippen LogP contribution in [0.1, 0.15) is 49.4 Å². The Labute approximate surface area is 204 Å². The number of hydrazine groups is 1. The Bertz CT molecular complexity index is 1100. The molecule has 11 nitrogen and oxygen atoms in total. The van der Waals surface area contributed by atoms with E-state index in [2.05, 4.69) is 43.6 Å². The summed E-state index contributed by atoms with van der Waals surface area (Å²) in [7, 11) is 3.05. The van der Waals surface area contributed by atoms with Gasteiger partial charge < -0.3 is 20.7 Å². The van der Waals surface area contributed by atoms with Crippen molar-refractivity contribution in [3.05, 3.63) is 23.9 Å². The third-order valence-corrected chi connectivity index (χ3v) is 7.35. The Kier molecular flexibility index (Phi) is 6.72. The predicted molar refractivity (Wildman–Crippen MR) is 133 cm³/mol. The Balaban J connectivity index is 1.41. The van der Waals surface area contributed by atoms with Crippen molar-refractivity contribution in [3.8, 4) is 0 Å². The van der Waals surface area contributed by atoms with Crippen LogP contribution >= 0.6 is 0 Å². The lowest BCUT2D eigenvalue weighted by molar-refractivity contribution is -0.122. The molecule has 5 heterocycles. The van der Waals surface area contributed by atoms with Crippen LogP contribution in [0.5, 0.6) is 0 Å². The highest BCUT2D eigenvalue weighted by molar-refractivity contribution is 5.98. The molecule has 3 saturated heterocycles. The summed E-state index contributed by atoms with van der Waals surface area (Å²) in [6, 6.07) is 5.02. The highest BCUT2D eigenvalue weighted by Gasteiger charge is 2.41. The lowest BCUT2D eigenvalue weighted by Crippen LogP contribution is -2.50. The maximum absolute atomic E-state index is 12.2. The van der Waals surface area contributed by atoms with Gasteiger partial charge in [-0.3, -0.25) is 20.1 Å². The summed E-state index contributed by atoms with van der Waals surface area (Å²) in [5.41, 5.74) is 7.59. The SMILES string of the molecule is CNC(=O)CN1[C@@H]2CC[C@H]1CC(Nc1nc(NC3CC(C)NN3)cc3ncc(C(=O)OC)cc13)C2. The summed E-state index contributed by atoms with van der Waals surface area (Å²) >= 11 is 0. The van der Waals surface area contributed by atoms with Gasteiger partial charge in [-0.1, -0.05) is 0 Å². The minimum Gasteiger partial charge on any atom is -0.465 e. The van der Waals surface area contributed by atoms with Gasteiger partial charge in [0.25, 0.3) is 0 Å². The smallest absolute Gasteiger partial charge is 0.339 e. The third kappa shape index (κ3) is 5.02. The Morgan fingerprint density at radius 1 is 1.14 bits per heavy atom. The van der Waals surface area contributed by atoms with E-state index in [1.807, 2.05) is 6.07 Å². The van der Waals surface area contributed by atoms with E-state index in [4.69, 9.17) is 9.72 Å². The number of esters is 1. The van der Waals surface area contributed by atoms with Crippen LogP contribution in [0.25, 0.3) is 10.9 Å². The summed E-state index contributed by atoms with van der Waals surface area (Å²) in [5.74, 6) is 1.05. The summed E-state index contributed by atoms with van der Waals surface area (Å²) in [6.45, 7) is 2.57. The average Bonchev–Trinajstić information content (AvgIpc) is 3.36. The van der Waals surface area contributed by atoms with E-state index in [1.165, 1.54) is 13.3 Å². The Morgan fingerprint density at radius 2 is 1.91 bits per heavy atom. The van der Waals surface area contributed by atoms with Crippen molar-refractivity contribution in [2.75, 3.05) is 31.3 Å². The molecule has 188 valence electrons. The first kappa shape index (κ1) is 23.7. The highest BCUT2D eigenvalue weighted by Crippen LogP contribution is 2.37. The minimum atomic E-state index is -0.427. The second-order valence-electron chi connectivity index (χ2n) is 9.80. The Morgan fingerprint density at radius 3 is 2.57 bits per heavy atom. The number of nitrogens with zero attached hydrogens (tertiary/aromatic N) is 3. The molecule has 0 radical (unpaired) electrons. The van der Waals surface area contributed by atoms with Crippen molar-refractivity contribution in [3.63, 3.8) is 0 Å². The van der Waals surface area contributed by atoms with Crippen molar-refractivity contribution < 1.29 is 14.3 Å². The molecule has 2 aromatic heterocycles. The number of rotatable bonds is 7. The monoisotopic (exact) mass is 482 g/mol. The number of carbonyl (C=O) groups is 2. The normalized spacial score (nSPS) is 28.1. The topological polar surface area (TPSA) is 133 Å². The maximum Gasteiger partial charge on any atom is 0.339 e. The number of hydrogen-bond donors (Lipinski definition) is 5. The molecule has 0 aromatic carbocycles. The molecule has 35 heavy (non-hydrogen) atoms. The van der Waals surface area contributed by atoms with E-state index in [-0.39, 0.29) is 18.1 Å². The van der Waals surface area contributed by atoms with E-state index in [9.17, 15) is 9.59 Å². The second-order valence-corrected chi connectivity index (χ2v) is 9.80. The van der Waals surface area contributed by atoms with Crippen LogP contribution in [0.4, 0.5) is 11.6 Å². The second kappa shape index (κ2) is 9.92. The van der Waals surface area contributed by atoms with E-state index in [1.54, 1.807) is 13.1 Å². The number of piperidine rings is 1. The molecule has 0 spiro atoms. The fourth-order valence-corrected chi connectivity index (χ4v) is 5.61. The zero-order chi connectivity index (χ0) is 24.5. The molecule has 5 rings (SSSR count). The highest BCUT2D eigenvalue weighted by atomic mass is 16.5. The lowest BCUT2D eigenvalue weighted by Gasteiger charge is -2.39. The molecule has 1 amide bonds. The van der Waals surface area contributed by atoms with Crippen LogP contribution in [0, 0.1) is 0 Å². The van der Waals surface area contributed by atoms with E-state index >= 15 is 0 Å². The average molecular weight is 483 g/mol. The van der Waals surface area contributed by atoms with Crippen molar-refractivity contribution in [2.45, 2.75) is 69.4 Å². The quantitative estimate of drug-likeness (QED) is 0.367. The molecule has 0 saturated carbocycles. The number of pyridine rings is 2. The summed E-state index contributed by atoms with van der Waals surface area (Å²) < 4.78 is 4.90. The first-order valence-electron chi connectivity index (χ1n) is 12.3. The number of anilines is 2. The fraction of sp³-hybridized carbons (Fsp3) is 0.583. The first-order chi connectivity index (χ1) is 16.9. The van der Waals surface area contributed by atoms with Gasteiger partial charge >= 0.3 is 5.97 Å². The molecule has 3 unspecified atom stereocenters. The molecule has 3 aliphatic rings. The number of nitrogens with one attached hydrogen (secondary N) is 5. The van der Waals surface area contributed by atoms with Crippen molar-refractivity contribution in [1.29, 1.82) is 0 Å². The summed E-state index contributed by atoms with van der Waals surface area (Å²) in [6.07, 6.45) is 6.58. The fourth-order valence-electron chi connectivity index (χ4n) is 5.61. The van der Waals surface area contributed by atoms with Gasteiger partial charge in [-0.2, -0.15) is 0 Å². The molecule has 5 atom stereocenters. The van der Waals surface area contributed by atoms with Crippen LogP contribution in [0.15, 0.2) is 18.3 Å². The summed E-state index contributed by atoms with van der Waals surface area (Å²) in [5, 5.41) is 10.6. The van der Waals surface area contributed by atoms with Gasteiger partial charge in [0.2, 0.25) is 5.91 Å². The molecule has 5 N–H and O–H groups in total. The van der Waals surface area contributed by atoms with Crippen molar-refractivity contribution in [1.82, 2.24) is 31.0 Å². The van der Waals surface area contributed by atoms with Crippen molar-refractivity contribution in [2.24, 2.45) is 0 Å². The van der Waals surface area contributed by atoms with Crippen LogP contribution in [-0.2, 0) is 9.53 Å². The molecule has 3 aliphatic heterocycles. The van der Waals surface area contributed by atoms with Gasteiger partial charge in [-0.25, -0.2) is 15.2 Å². The van der Waals surface area contributed by atoms with Gasteiger partial charge in [-0.15, -0.1) is 0 Å². The molecular formula is C24H34N8O3. The molecule has 2 aromatic rings. The standard InChI is InChI=1S/C24H34N8O3/c1-13-6-21(31-30-13)28-20-10-19-18(7-14(11-26-19)24(34)35-3)23(29-20)27-15-8-16-4-5-17(9-15)32(16)12-22(33)25-2/h7,10-11,13,15-17,21,30-31H,4-6,8-9,12H2,1-3H3,(H,25,33)(H2,27,28,29)/t13?,15?,16-,17+,21?. The maximum atomic E-state index is 12.2. The number of carbonyl (C=O) groups excluding carboxylic acids is 2. The largest absolute Gasteiger partial charge is 0.465 e. The first-order valence-corrected chi connectivity index (χ1v) is 12.3. The molecule has 2 bridgehead atoms. The number of ether oxygens (including phenoxy) is 1. The van der Waals surface area contributed by atoms with E-state index < -0.39 is 5.97 Å². The number of likely N-dealkylation sites (N-methyl/N-ethyl adjacent to an activating group) is 1.